The predicted octanol–water partition coefficient (Wildman–Crippen LogP) is 1.66. The molecule has 0 rings (SSSR count). The Balaban J connectivity index is 3.87. The van der Waals surface area contributed by atoms with Gasteiger partial charge in [-0.05, 0) is 12.8 Å². The Morgan fingerprint density at radius 3 is 2.42 bits per heavy atom. The summed E-state index contributed by atoms with van der Waals surface area (Å²) in [4.78, 5) is 15.9. The van der Waals surface area contributed by atoms with Crippen LogP contribution in [0.3, 0.4) is 0 Å². The molecule has 72 valence electrons. The van der Waals surface area contributed by atoms with Crippen molar-refractivity contribution in [2.24, 2.45) is 5.92 Å². The fraction of sp³-hybridized carbons (Fsp3) is 0.875. The van der Waals surface area contributed by atoms with Crippen molar-refractivity contribution in [2.45, 2.75) is 20.8 Å². The van der Waals surface area contributed by atoms with E-state index < -0.39 is 6.09 Å². The highest BCUT2D eigenvalue weighted by molar-refractivity contribution is 5.66. The predicted molar refractivity (Wildman–Crippen MR) is 45.6 cm³/mol. The molecule has 0 N–H and O–H groups in total. The van der Waals surface area contributed by atoms with Gasteiger partial charge in [0.15, 0.2) is 0 Å². The zero-order chi connectivity index (χ0) is 9.56. The summed E-state index contributed by atoms with van der Waals surface area (Å²) in [6.07, 6.45) is -0.423. The molecule has 0 aliphatic heterocycles. The van der Waals surface area contributed by atoms with Crippen LogP contribution in [0, 0.1) is 5.92 Å². The van der Waals surface area contributed by atoms with E-state index in [-0.39, 0.29) is 0 Å². The fourth-order valence-electron chi connectivity index (χ4n) is 0.751. The molecule has 0 unspecified atom stereocenters. The highest BCUT2D eigenvalue weighted by Crippen LogP contribution is 2.00. The first-order valence-corrected chi connectivity index (χ1v) is 4.10. The van der Waals surface area contributed by atoms with Crippen LogP contribution >= 0.6 is 0 Å². The minimum atomic E-state index is -0.423. The first-order chi connectivity index (χ1) is 5.61. The first kappa shape index (κ1) is 11.2. The number of hydroxylamine groups is 2. The third-order valence-electron chi connectivity index (χ3n) is 1.22. The van der Waals surface area contributed by atoms with Crippen LogP contribution in [0.2, 0.25) is 0 Å². The van der Waals surface area contributed by atoms with Crippen molar-refractivity contribution in [1.82, 2.24) is 5.06 Å². The van der Waals surface area contributed by atoms with Crippen LogP contribution in [-0.2, 0) is 9.57 Å². The Morgan fingerprint density at radius 1 is 1.50 bits per heavy atom. The van der Waals surface area contributed by atoms with Crippen LogP contribution in [0.4, 0.5) is 4.79 Å². The summed E-state index contributed by atoms with van der Waals surface area (Å²) in [7, 11) is 1.46. The van der Waals surface area contributed by atoms with E-state index in [0.717, 1.165) is 0 Å². The molecule has 0 aromatic carbocycles. The molecule has 0 atom stereocenters. The van der Waals surface area contributed by atoms with Crippen molar-refractivity contribution in [3.63, 3.8) is 0 Å². The second-order valence-electron chi connectivity index (χ2n) is 2.84. The molecule has 0 saturated heterocycles. The van der Waals surface area contributed by atoms with Crippen LogP contribution in [0.15, 0.2) is 0 Å². The summed E-state index contributed by atoms with van der Waals surface area (Å²) < 4.78 is 4.76. The van der Waals surface area contributed by atoms with Gasteiger partial charge in [0.25, 0.3) is 0 Å². The average molecular weight is 175 g/mol. The third kappa shape index (κ3) is 4.18. The maximum absolute atomic E-state index is 11.1. The van der Waals surface area contributed by atoms with Crippen LogP contribution in [-0.4, -0.2) is 31.4 Å². The van der Waals surface area contributed by atoms with Crippen molar-refractivity contribution in [1.29, 1.82) is 0 Å². The number of rotatable bonds is 4. The molecule has 12 heavy (non-hydrogen) atoms. The maximum Gasteiger partial charge on any atom is 0.433 e. The van der Waals surface area contributed by atoms with E-state index in [2.05, 4.69) is 0 Å². The van der Waals surface area contributed by atoms with E-state index in [0.29, 0.717) is 19.1 Å². The van der Waals surface area contributed by atoms with Crippen LogP contribution in [0.1, 0.15) is 20.8 Å². The minimum Gasteiger partial charge on any atom is -0.448 e. The van der Waals surface area contributed by atoms with Gasteiger partial charge < -0.3 is 4.74 Å². The van der Waals surface area contributed by atoms with E-state index in [1.165, 1.54) is 12.2 Å². The van der Waals surface area contributed by atoms with Gasteiger partial charge in [-0.15, -0.1) is 0 Å². The topological polar surface area (TPSA) is 38.8 Å². The zero-order valence-electron chi connectivity index (χ0n) is 8.16. The number of ether oxygens (including phenoxy) is 1. The zero-order valence-corrected chi connectivity index (χ0v) is 8.16. The van der Waals surface area contributed by atoms with Crippen molar-refractivity contribution >= 4 is 6.09 Å². The van der Waals surface area contributed by atoms with E-state index in [4.69, 9.17) is 9.57 Å². The summed E-state index contributed by atoms with van der Waals surface area (Å²) in [5, 5.41) is 1.22. The number of amides is 1. The molecule has 4 nitrogen and oxygen atoms in total. The molecular weight excluding hydrogens is 158 g/mol. The molecule has 0 radical (unpaired) electrons. The molecular formula is C8H17NO3. The van der Waals surface area contributed by atoms with E-state index in [9.17, 15) is 4.79 Å². The molecule has 0 spiro atoms. The van der Waals surface area contributed by atoms with Gasteiger partial charge in [-0.1, -0.05) is 13.8 Å². The lowest BCUT2D eigenvalue weighted by molar-refractivity contribution is -0.115. The van der Waals surface area contributed by atoms with E-state index >= 15 is 0 Å². The smallest absolute Gasteiger partial charge is 0.433 e. The Bertz CT molecular complexity index is 136. The number of hydrogen-bond donors (Lipinski definition) is 0. The van der Waals surface area contributed by atoms with Crippen molar-refractivity contribution < 1.29 is 14.4 Å². The lowest BCUT2D eigenvalue weighted by Gasteiger charge is -2.20. The molecule has 0 aromatic heterocycles. The monoisotopic (exact) mass is 175 g/mol. The minimum absolute atomic E-state index is 0.370. The summed E-state index contributed by atoms with van der Waals surface area (Å²) in [6.45, 7) is 6.70. The molecule has 0 saturated carbocycles. The van der Waals surface area contributed by atoms with Crippen molar-refractivity contribution in [2.75, 3.05) is 20.3 Å². The second kappa shape index (κ2) is 5.83. The summed E-state index contributed by atoms with van der Waals surface area (Å²) in [6, 6.07) is 0. The molecule has 1 amide bonds. The van der Waals surface area contributed by atoms with Crippen LogP contribution in [0.5, 0.6) is 0 Å². The lowest BCUT2D eigenvalue weighted by Crippen LogP contribution is -2.33. The fourth-order valence-corrected chi connectivity index (χ4v) is 0.751. The lowest BCUT2D eigenvalue weighted by atomic mass is 10.2. The second-order valence-corrected chi connectivity index (χ2v) is 2.84. The normalized spacial score (nSPS) is 10.1. The molecule has 0 aromatic rings. The number of hydrogen-bond acceptors (Lipinski definition) is 3. The van der Waals surface area contributed by atoms with Gasteiger partial charge in [0.1, 0.15) is 0 Å². The van der Waals surface area contributed by atoms with Gasteiger partial charge in [-0.2, -0.15) is 5.06 Å². The third-order valence-corrected chi connectivity index (χ3v) is 1.22. The first-order valence-electron chi connectivity index (χ1n) is 4.10. The Labute approximate surface area is 73.4 Å². The Hall–Kier alpha value is -0.770. The largest absolute Gasteiger partial charge is 0.448 e. The van der Waals surface area contributed by atoms with Gasteiger partial charge in [-0.3, -0.25) is 4.84 Å². The number of nitrogens with zero attached hydrogens (tertiary/aromatic N) is 1. The molecule has 0 aliphatic carbocycles. The quantitative estimate of drug-likeness (QED) is 0.610. The highest BCUT2D eigenvalue weighted by Gasteiger charge is 2.14. The van der Waals surface area contributed by atoms with Crippen molar-refractivity contribution in [3.05, 3.63) is 0 Å². The SMILES string of the molecule is CCOC(=O)N(CC(C)C)OC. The molecule has 0 bridgehead atoms. The van der Waals surface area contributed by atoms with Gasteiger partial charge in [-0.25, -0.2) is 4.79 Å². The van der Waals surface area contributed by atoms with Gasteiger partial charge >= 0.3 is 6.09 Å². The molecule has 4 heteroatoms. The number of carbonyl (C=O) groups is 1. The highest BCUT2D eigenvalue weighted by atomic mass is 16.7. The molecule has 0 heterocycles. The standard InChI is InChI=1S/C8H17NO3/c1-5-12-8(10)9(11-4)6-7(2)3/h7H,5-6H2,1-4H3. The number of carbonyl (C=O) groups excluding carboxylic acids is 1. The van der Waals surface area contributed by atoms with Gasteiger partial charge in [0, 0.05) is 0 Å². The molecule has 0 aliphatic rings. The summed E-state index contributed by atoms with van der Waals surface area (Å²) in [5.41, 5.74) is 0. The van der Waals surface area contributed by atoms with Crippen molar-refractivity contribution in [3.8, 4) is 0 Å². The van der Waals surface area contributed by atoms with E-state index in [1.807, 2.05) is 13.8 Å². The summed E-state index contributed by atoms with van der Waals surface area (Å²) in [5.74, 6) is 0.370. The van der Waals surface area contributed by atoms with E-state index in [1.54, 1.807) is 6.92 Å². The maximum atomic E-state index is 11.1. The van der Waals surface area contributed by atoms with Crippen LogP contribution in [0.25, 0.3) is 0 Å². The van der Waals surface area contributed by atoms with Gasteiger partial charge in [0.2, 0.25) is 0 Å². The Morgan fingerprint density at radius 2 is 2.08 bits per heavy atom. The average Bonchev–Trinajstić information content (AvgIpc) is 2.00. The molecule has 0 fully saturated rings. The summed E-state index contributed by atoms with van der Waals surface area (Å²) >= 11 is 0. The van der Waals surface area contributed by atoms with Gasteiger partial charge in [0.05, 0.1) is 20.3 Å². The Kier molecular flexibility index (Phi) is 5.45. The van der Waals surface area contributed by atoms with Crippen LogP contribution < -0.4 is 0 Å².